The summed E-state index contributed by atoms with van der Waals surface area (Å²) in [5.41, 5.74) is -1.49. The third-order valence-corrected chi connectivity index (χ3v) is 10.7. The molecule has 1 aromatic carbocycles. The Morgan fingerprint density at radius 1 is 1.15 bits per heavy atom. The van der Waals surface area contributed by atoms with E-state index >= 15 is 4.39 Å². The zero-order chi connectivity index (χ0) is 33.5. The molecule has 5 aromatic rings. The fourth-order valence-corrected chi connectivity index (χ4v) is 8.39. The van der Waals surface area contributed by atoms with Gasteiger partial charge < -0.3 is 14.2 Å². The minimum absolute atomic E-state index is 0.0649. The van der Waals surface area contributed by atoms with Crippen molar-refractivity contribution in [2.75, 3.05) is 31.1 Å². The van der Waals surface area contributed by atoms with Crippen molar-refractivity contribution in [3.63, 3.8) is 0 Å². The third kappa shape index (κ3) is 4.85. The number of fused-ring (bicyclic) bond motifs is 4. The number of thiophene rings is 1. The normalized spacial score (nSPS) is 21.2. The molecule has 0 amide bonds. The number of halogens is 6. The predicted octanol–water partition coefficient (Wildman–Crippen LogP) is 6.56. The van der Waals surface area contributed by atoms with E-state index < -0.39 is 35.2 Å². The van der Waals surface area contributed by atoms with Gasteiger partial charge in [0, 0.05) is 54.3 Å². The van der Waals surface area contributed by atoms with E-state index in [1.165, 1.54) is 22.9 Å². The standard InChI is InChI=1S/C32H26F6N8OS/c1-16-19(10-39)24-18(3-4-21(34)28(24)48-16)26-25(35)27-20(11-40-26)29(45-8-7-44-13-22(32(36,37)38)41-23(44)14-45)43-30(42-27)47-15-31-5-2-6-46(31)12-17(33)9-31/h3-4,11,13,17H,2,5-9,12,14-15H2,1H3/t17-,31+/m0/s1. The van der Waals surface area contributed by atoms with Gasteiger partial charge in [0.15, 0.2) is 11.5 Å². The summed E-state index contributed by atoms with van der Waals surface area (Å²) in [5, 5.41) is 10.3. The van der Waals surface area contributed by atoms with Crippen LogP contribution in [-0.4, -0.2) is 67.4 Å². The Labute approximate surface area is 273 Å². The number of benzene rings is 1. The average molecular weight is 685 g/mol. The molecule has 0 spiro atoms. The Balaban J connectivity index is 1.25. The van der Waals surface area contributed by atoms with E-state index in [1.54, 1.807) is 11.8 Å². The van der Waals surface area contributed by atoms with Crippen LogP contribution in [0.4, 0.5) is 32.2 Å². The lowest BCUT2D eigenvalue weighted by atomic mass is 9.95. The molecule has 0 unspecified atom stereocenters. The van der Waals surface area contributed by atoms with Gasteiger partial charge in [0.1, 0.15) is 47.5 Å². The van der Waals surface area contributed by atoms with Crippen molar-refractivity contribution in [1.82, 2.24) is 29.4 Å². The van der Waals surface area contributed by atoms with E-state index in [0.29, 0.717) is 17.8 Å². The Bertz CT molecular complexity index is 2160. The van der Waals surface area contributed by atoms with Crippen molar-refractivity contribution in [1.29, 1.82) is 5.26 Å². The van der Waals surface area contributed by atoms with Crippen LogP contribution in [0.25, 0.3) is 32.2 Å². The Kier molecular flexibility index (Phi) is 7.08. The maximum atomic E-state index is 16.7. The number of imidazole rings is 1. The number of aryl methyl sites for hydroxylation is 1. The van der Waals surface area contributed by atoms with Gasteiger partial charge in [0.2, 0.25) is 0 Å². The summed E-state index contributed by atoms with van der Waals surface area (Å²) in [7, 11) is 0. The van der Waals surface area contributed by atoms with E-state index in [1.807, 2.05) is 0 Å². The van der Waals surface area contributed by atoms with Crippen molar-refractivity contribution in [3.05, 3.63) is 58.1 Å². The lowest BCUT2D eigenvalue weighted by Crippen LogP contribution is -2.43. The SMILES string of the molecule is Cc1sc2c(F)ccc(-c3ncc4c(N5CCn6cc(C(F)(F)F)nc6C5)nc(OC[C@]56CCCN5C[C@@H](F)C6)nc4c3F)c2c1C#N. The lowest BCUT2D eigenvalue weighted by Gasteiger charge is -2.31. The van der Waals surface area contributed by atoms with Gasteiger partial charge in [-0.25, -0.2) is 18.2 Å². The maximum Gasteiger partial charge on any atom is 0.434 e. The van der Waals surface area contributed by atoms with E-state index in [9.17, 15) is 27.2 Å². The average Bonchev–Trinajstić information content (AvgIpc) is 3.81. The zero-order valence-electron chi connectivity index (χ0n) is 25.4. The van der Waals surface area contributed by atoms with Gasteiger partial charge in [-0.3, -0.25) is 9.88 Å². The molecule has 2 saturated heterocycles. The second-order valence-electron chi connectivity index (χ2n) is 12.5. The summed E-state index contributed by atoms with van der Waals surface area (Å²) >= 11 is 1.09. The van der Waals surface area contributed by atoms with Gasteiger partial charge in [-0.2, -0.15) is 28.4 Å². The first-order valence-corrected chi connectivity index (χ1v) is 16.2. The number of nitrogens with zero attached hydrogens (tertiary/aromatic N) is 8. The highest BCUT2D eigenvalue weighted by molar-refractivity contribution is 7.19. The summed E-state index contributed by atoms with van der Waals surface area (Å²) in [5.74, 6) is -1.09. The number of hydrogen-bond acceptors (Lipinski definition) is 9. The van der Waals surface area contributed by atoms with Crippen molar-refractivity contribution >= 4 is 38.1 Å². The molecule has 3 aliphatic heterocycles. The van der Waals surface area contributed by atoms with Gasteiger partial charge in [-0.15, -0.1) is 11.3 Å². The first kappa shape index (κ1) is 30.8. The first-order valence-electron chi connectivity index (χ1n) is 15.3. The highest BCUT2D eigenvalue weighted by Crippen LogP contribution is 2.43. The molecular weight excluding hydrogens is 658 g/mol. The fraction of sp³-hybridized carbons (Fsp3) is 0.406. The summed E-state index contributed by atoms with van der Waals surface area (Å²) in [6, 6.07) is 4.46. The molecule has 4 aromatic heterocycles. The predicted molar refractivity (Wildman–Crippen MR) is 164 cm³/mol. The van der Waals surface area contributed by atoms with Crippen molar-refractivity contribution < 1.29 is 31.1 Å². The van der Waals surface area contributed by atoms with Gasteiger partial charge in [-0.1, -0.05) is 0 Å². The number of pyridine rings is 1. The first-order chi connectivity index (χ1) is 23.0. The molecule has 3 aliphatic rings. The Hall–Kier alpha value is -4.49. The van der Waals surface area contributed by atoms with Crippen LogP contribution >= 0.6 is 11.3 Å². The molecule has 8 rings (SSSR count). The molecule has 248 valence electrons. The number of ether oxygens (including phenoxy) is 1. The molecule has 0 bridgehead atoms. The van der Waals surface area contributed by atoms with Gasteiger partial charge in [0.05, 0.1) is 27.7 Å². The molecule has 48 heavy (non-hydrogen) atoms. The summed E-state index contributed by atoms with van der Waals surface area (Å²) in [6.07, 6.45) is -1.42. The molecule has 0 aliphatic carbocycles. The Morgan fingerprint density at radius 3 is 2.77 bits per heavy atom. The van der Waals surface area contributed by atoms with Crippen LogP contribution in [0.3, 0.4) is 0 Å². The quantitative estimate of drug-likeness (QED) is 0.192. The van der Waals surface area contributed by atoms with Crippen LogP contribution in [0, 0.1) is 29.9 Å². The van der Waals surface area contributed by atoms with Gasteiger partial charge in [0.25, 0.3) is 0 Å². The monoisotopic (exact) mass is 684 g/mol. The maximum absolute atomic E-state index is 16.7. The second-order valence-corrected chi connectivity index (χ2v) is 13.7. The number of anilines is 1. The summed E-state index contributed by atoms with van der Waals surface area (Å²) in [6.45, 7) is 3.09. The summed E-state index contributed by atoms with van der Waals surface area (Å²) < 4.78 is 94.1. The number of aromatic nitrogens is 5. The molecule has 0 radical (unpaired) electrons. The van der Waals surface area contributed by atoms with Crippen LogP contribution in [0.15, 0.2) is 24.5 Å². The van der Waals surface area contributed by atoms with E-state index in [0.717, 1.165) is 30.5 Å². The van der Waals surface area contributed by atoms with Gasteiger partial charge >= 0.3 is 12.2 Å². The van der Waals surface area contributed by atoms with Crippen molar-refractivity contribution in [2.24, 2.45) is 0 Å². The van der Waals surface area contributed by atoms with Crippen LogP contribution in [0.2, 0.25) is 0 Å². The van der Waals surface area contributed by atoms with Crippen LogP contribution in [0.1, 0.15) is 41.2 Å². The number of rotatable bonds is 5. The second kappa shape index (κ2) is 11.0. The smallest absolute Gasteiger partial charge is 0.434 e. The fourth-order valence-electron chi connectivity index (χ4n) is 7.35. The van der Waals surface area contributed by atoms with Gasteiger partial charge in [-0.05, 0) is 38.4 Å². The van der Waals surface area contributed by atoms with E-state index in [2.05, 4.69) is 30.9 Å². The van der Waals surface area contributed by atoms with Crippen LogP contribution in [-0.2, 0) is 19.3 Å². The van der Waals surface area contributed by atoms with Crippen LogP contribution < -0.4 is 9.64 Å². The van der Waals surface area contributed by atoms with Crippen molar-refractivity contribution in [3.8, 4) is 23.3 Å². The highest BCUT2D eigenvalue weighted by Gasteiger charge is 2.49. The minimum atomic E-state index is -4.62. The topological polar surface area (TPSA) is 96.0 Å². The van der Waals surface area contributed by atoms with E-state index in [4.69, 9.17) is 4.74 Å². The minimum Gasteiger partial charge on any atom is -0.461 e. The van der Waals surface area contributed by atoms with Crippen LogP contribution in [0.5, 0.6) is 6.01 Å². The molecule has 7 heterocycles. The zero-order valence-corrected chi connectivity index (χ0v) is 26.2. The van der Waals surface area contributed by atoms with E-state index in [-0.39, 0.29) is 88.1 Å². The molecule has 0 saturated carbocycles. The molecular formula is C32H26F6N8OS. The molecule has 2 fully saturated rings. The summed E-state index contributed by atoms with van der Waals surface area (Å²) in [4.78, 5) is 21.5. The molecule has 2 atom stereocenters. The number of hydrogen-bond donors (Lipinski definition) is 0. The molecule has 0 N–H and O–H groups in total. The molecule has 9 nitrogen and oxygen atoms in total. The third-order valence-electron chi connectivity index (χ3n) is 9.60. The van der Waals surface area contributed by atoms with Crippen molar-refractivity contribution in [2.45, 2.75) is 57.2 Å². The molecule has 16 heteroatoms. The largest absolute Gasteiger partial charge is 0.461 e. The number of alkyl halides is 4. The number of nitriles is 1. The lowest BCUT2D eigenvalue weighted by molar-refractivity contribution is -0.141. The Morgan fingerprint density at radius 2 is 1.98 bits per heavy atom. The highest BCUT2D eigenvalue weighted by atomic mass is 32.1.